The Morgan fingerprint density at radius 1 is 1.50 bits per heavy atom. The van der Waals surface area contributed by atoms with E-state index in [1.807, 2.05) is 0 Å². The molecule has 104 valence electrons. The Bertz CT molecular complexity index is 803. The van der Waals surface area contributed by atoms with E-state index in [0.29, 0.717) is 16.7 Å². The van der Waals surface area contributed by atoms with Gasteiger partial charge in [-0.3, -0.25) is 4.79 Å². The number of anilines is 1. The van der Waals surface area contributed by atoms with Crippen LogP contribution in [0.5, 0.6) is 0 Å². The van der Waals surface area contributed by atoms with Crippen molar-refractivity contribution in [3.8, 4) is 6.07 Å². The van der Waals surface area contributed by atoms with Crippen LogP contribution >= 0.6 is 0 Å². The fraction of sp³-hybridized carbons (Fsp3) is 0.182. The van der Waals surface area contributed by atoms with Crippen LogP contribution in [0.1, 0.15) is 0 Å². The molecular formula is C11H11N5O3S. The van der Waals surface area contributed by atoms with E-state index in [9.17, 15) is 13.2 Å². The number of fused-ring (bicyclic) bond motifs is 1. The smallest absolute Gasteiger partial charge is 0.236 e. The molecule has 1 aromatic carbocycles. The van der Waals surface area contributed by atoms with Crippen LogP contribution in [0.15, 0.2) is 23.4 Å². The second kappa shape index (κ2) is 5.18. The zero-order valence-corrected chi connectivity index (χ0v) is 11.1. The van der Waals surface area contributed by atoms with Crippen molar-refractivity contribution >= 4 is 32.5 Å². The number of nitriles is 1. The van der Waals surface area contributed by atoms with Crippen molar-refractivity contribution in [2.24, 2.45) is 0 Å². The summed E-state index contributed by atoms with van der Waals surface area (Å²) in [6, 6.07) is 6.42. The number of hydrogen-bond acceptors (Lipinski definition) is 6. The quantitative estimate of drug-likeness (QED) is 0.515. The molecule has 9 heteroatoms. The van der Waals surface area contributed by atoms with Gasteiger partial charge in [-0.1, -0.05) is 0 Å². The lowest BCUT2D eigenvalue weighted by molar-refractivity contribution is -0.118. The summed E-state index contributed by atoms with van der Waals surface area (Å²) in [5, 5.41) is 10.2. The van der Waals surface area contributed by atoms with Crippen LogP contribution in [-0.4, -0.2) is 36.6 Å². The van der Waals surface area contributed by atoms with E-state index in [1.165, 1.54) is 0 Å². The van der Waals surface area contributed by atoms with Gasteiger partial charge in [0.25, 0.3) is 0 Å². The Kier molecular flexibility index (Phi) is 3.58. The van der Waals surface area contributed by atoms with Gasteiger partial charge in [0.2, 0.25) is 20.9 Å². The molecule has 1 amide bonds. The molecule has 2 aromatic rings. The predicted octanol–water partition coefficient (Wildman–Crippen LogP) is -0.441. The maximum absolute atomic E-state index is 12.0. The lowest BCUT2D eigenvalue weighted by Gasteiger charge is -2.00. The van der Waals surface area contributed by atoms with Crippen LogP contribution in [-0.2, 0) is 14.6 Å². The molecule has 0 atom stereocenters. The third kappa shape index (κ3) is 2.86. The molecular weight excluding hydrogens is 282 g/mol. The van der Waals surface area contributed by atoms with Gasteiger partial charge in [-0.05, 0) is 18.2 Å². The highest BCUT2D eigenvalue weighted by molar-refractivity contribution is 7.91. The van der Waals surface area contributed by atoms with Gasteiger partial charge in [0.05, 0.1) is 17.1 Å². The molecule has 0 fully saturated rings. The SMILES string of the molecule is N#CCNC(=O)CS(=O)(=O)c1nc2ccc(N)cc2[nH]1. The summed E-state index contributed by atoms with van der Waals surface area (Å²) in [5.74, 6) is -1.53. The molecule has 0 aliphatic carbocycles. The number of sulfone groups is 1. The van der Waals surface area contributed by atoms with E-state index in [2.05, 4.69) is 15.3 Å². The molecule has 0 bridgehead atoms. The number of nitrogens with one attached hydrogen (secondary N) is 2. The summed E-state index contributed by atoms with van der Waals surface area (Å²) in [7, 11) is -3.89. The van der Waals surface area contributed by atoms with Gasteiger partial charge >= 0.3 is 0 Å². The number of H-pyrrole nitrogens is 1. The highest BCUT2D eigenvalue weighted by Crippen LogP contribution is 2.17. The van der Waals surface area contributed by atoms with E-state index in [0.717, 1.165) is 0 Å². The van der Waals surface area contributed by atoms with Crippen LogP contribution in [0.4, 0.5) is 5.69 Å². The Hall–Kier alpha value is -2.60. The summed E-state index contributed by atoms with van der Waals surface area (Å²) in [5.41, 5.74) is 6.97. The molecule has 0 saturated carbocycles. The average molecular weight is 293 g/mol. The van der Waals surface area contributed by atoms with Gasteiger partial charge in [0.1, 0.15) is 12.3 Å². The number of nitrogens with zero attached hydrogens (tertiary/aromatic N) is 2. The Morgan fingerprint density at radius 2 is 2.25 bits per heavy atom. The molecule has 1 aromatic heterocycles. The van der Waals surface area contributed by atoms with Crippen LogP contribution < -0.4 is 11.1 Å². The van der Waals surface area contributed by atoms with E-state index in [-0.39, 0.29) is 11.7 Å². The summed E-state index contributed by atoms with van der Waals surface area (Å²) < 4.78 is 24.0. The van der Waals surface area contributed by atoms with Gasteiger partial charge in [-0.15, -0.1) is 0 Å². The minimum Gasteiger partial charge on any atom is -0.399 e. The number of carbonyl (C=O) groups is 1. The Labute approximate surface area is 114 Å². The van der Waals surface area contributed by atoms with Crippen molar-refractivity contribution in [1.82, 2.24) is 15.3 Å². The zero-order valence-electron chi connectivity index (χ0n) is 10.3. The topological polar surface area (TPSA) is 142 Å². The van der Waals surface area contributed by atoms with Crippen LogP contribution in [0.3, 0.4) is 0 Å². The van der Waals surface area contributed by atoms with Gasteiger partial charge in [0, 0.05) is 5.69 Å². The molecule has 4 N–H and O–H groups in total. The number of benzene rings is 1. The molecule has 0 spiro atoms. The Balaban J connectivity index is 2.28. The first-order chi connectivity index (χ1) is 9.42. The van der Waals surface area contributed by atoms with Gasteiger partial charge in [0.15, 0.2) is 0 Å². The minimum atomic E-state index is -3.89. The lowest BCUT2D eigenvalue weighted by atomic mass is 10.3. The van der Waals surface area contributed by atoms with Gasteiger partial charge < -0.3 is 16.0 Å². The predicted molar refractivity (Wildman–Crippen MR) is 71.2 cm³/mol. The fourth-order valence-electron chi connectivity index (χ4n) is 1.58. The number of aromatic amines is 1. The van der Waals surface area contributed by atoms with Crippen LogP contribution in [0.25, 0.3) is 11.0 Å². The molecule has 0 radical (unpaired) electrons. The fourth-order valence-corrected chi connectivity index (χ4v) is 2.67. The zero-order chi connectivity index (χ0) is 14.8. The molecule has 2 rings (SSSR count). The summed E-state index contributed by atoms with van der Waals surface area (Å²) in [6.07, 6.45) is 0. The number of nitrogens with two attached hydrogens (primary N) is 1. The Morgan fingerprint density at radius 3 is 2.95 bits per heavy atom. The van der Waals surface area contributed by atoms with Crippen molar-refractivity contribution in [3.05, 3.63) is 18.2 Å². The molecule has 8 nitrogen and oxygen atoms in total. The first kappa shape index (κ1) is 13.8. The summed E-state index contributed by atoms with van der Waals surface area (Å²) >= 11 is 0. The van der Waals surface area contributed by atoms with Crippen molar-refractivity contribution < 1.29 is 13.2 Å². The summed E-state index contributed by atoms with van der Waals surface area (Å²) in [6.45, 7) is -0.245. The minimum absolute atomic E-state index is 0.245. The maximum Gasteiger partial charge on any atom is 0.236 e. The first-order valence-corrected chi connectivity index (χ1v) is 7.19. The standard InChI is InChI=1S/C11H11N5O3S/c12-3-4-14-10(17)6-20(18,19)11-15-8-2-1-7(13)5-9(8)16-11/h1-2,5H,4,6,13H2,(H,14,17)(H,15,16). The van der Waals surface area contributed by atoms with Crippen molar-refractivity contribution in [3.63, 3.8) is 0 Å². The van der Waals surface area contributed by atoms with E-state index in [4.69, 9.17) is 11.0 Å². The number of imidazole rings is 1. The number of carbonyl (C=O) groups excluding carboxylic acids is 1. The summed E-state index contributed by atoms with van der Waals surface area (Å²) in [4.78, 5) is 17.9. The van der Waals surface area contributed by atoms with Gasteiger partial charge in [-0.2, -0.15) is 5.26 Å². The lowest BCUT2D eigenvalue weighted by Crippen LogP contribution is -2.30. The van der Waals surface area contributed by atoms with E-state index in [1.54, 1.807) is 24.3 Å². The number of rotatable bonds is 4. The molecule has 0 aliphatic heterocycles. The average Bonchev–Trinajstić information content (AvgIpc) is 2.79. The molecule has 0 aliphatic rings. The number of aromatic nitrogens is 2. The number of hydrogen-bond donors (Lipinski definition) is 3. The molecule has 0 saturated heterocycles. The second-order valence-electron chi connectivity index (χ2n) is 4.01. The highest BCUT2D eigenvalue weighted by Gasteiger charge is 2.23. The number of nitrogen functional groups attached to an aromatic ring is 1. The van der Waals surface area contributed by atoms with Crippen molar-refractivity contribution in [1.29, 1.82) is 5.26 Å². The van der Waals surface area contributed by atoms with Gasteiger partial charge in [-0.25, -0.2) is 13.4 Å². The maximum atomic E-state index is 12.0. The third-order valence-corrected chi connectivity index (χ3v) is 3.89. The first-order valence-electron chi connectivity index (χ1n) is 5.54. The molecule has 20 heavy (non-hydrogen) atoms. The molecule has 0 unspecified atom stereocenters. The second-order valence-corrected chi connectivity index (χ2v) is 5.92. The van der Waals surface area contributed by atoms with E-state index >= 15 is 0 Å². The monoisotopic (exact) mass is 293 g/mol. The third-order valence-electron chi connectivity index (χ3n) is 2.46. The van der Waals surface area contributed by atoms with Crippen LogP contribution in [0.2, 0.25) is 0 Å². The largest absolute Gasteiger partial charge is 0.399 e. The van der Waals surface area contributed by atoms with Crippen molar-refractivity contribution in [2.45, 2.75) is 5.16 Å². The number of amides is 1. The van der Waals surface area contributed by atoms with E-state index < -0.39 is 21.5 Å². The normalized spacial score (nSPS) is 11.2. The highest BCUT2D eigenvalue weighted by atomic mass is 32.2. The van der Waals surface area contributed by atoms with Crippen molar-refractivity contribution in [2.75, 3.05) is 18.0 Å². The van der Waals surface area contributed by atoms with Crippen LogP contribution in [0, 0.1) is 11.3 Å². The molecule has 1 heterocycles.